The zero-order valence-electron chi connectivity index (χ0n) is 21.2. The molecule has 8 heteroatoms. The van der Waals surface area contributed by atoms with E-state index in [0.717, 1.165) is 37.4 Å². The van der Waals surface area contributed by atoms with E-state index in [1.807, 2.05) is 19.9 Å². The molecule has 0 amide bonds. The van der Waals surface area contributed by atoms with Crippen molar-refractivity contribution in [1.82, 2.24) is 25.1 Å². The highest BCUT2D eigenvalue weighted by molar-refractivity contribution is 5.93. The summed E-state index contributed by atoms with van der Waals surface area (Å²) in [5, 5.41) is 8.02. The molecule has 0 unspecified atom stereocenters. The maximum Gasteiger partial charge on any atom is 0.167 e. The summed E-state index contributed by atoms with van der Waals surface area (Å²) < 4.78 is 19.8. The maximum absolute atomic E-state index is 14.2. The highest BCUT2D eigenvalue weighted by Gasteiger charge is 2.19. The average molecular weight is 459 g/mol. The molecule has 1 fully saturated rings. The lowest BCUT2D eigenvalue weighted by atomic mass is 10.1. The number of aromatic nitrogens is 4. The number of piperazine rings is 1. The van der Waals surface area contributed by atoms with Gasteiger partial charge in [-0.2, -0.15) is 5.10 Å². The van der Waals surface area contributed by atoms with Crippen LogP contribution in [-0.4, -0.2) is 64.4 Å². The molecule has 0 spiro atoms. The summed E-state index contributed by atoms with van der Waals surface area (Å²) in [6.45, 7) is 16.1. The van der Waals surface area contributed by atoms with Crippen molar-refractivity contribution in [3.63, 3.8) is 0 Å². The molecule has 33 heavy (non-hydrogen) atoms. The third-order valence-corrected chi connectivity index (χ3v) is 4.70. The standard InChI is InChI=1S/C19H23FN6O.2C3H8/c1-12(2)27-17-8-13-15(9-14(17)20)23-24-19(13)16-10-18(22-11-21-16)26-6-4-25(3)5-7-26;2*1-3-2/h8-12H,4-7H2,1-3H3,(H,23,24);2*3H2,1-2H3. The Hall–Kier alpha value is -2.74. The van der Waals surface area contributed by atoms with Gasteiger partial charge in [0.2, 0.25) is 0 Å². The molecule has 1 N–H and O–H groups in total. The van der Waals surface area contributed by atoms with E-state index in [1.54, 1.807) is 12.4 Å². The van der Waals surface area contributed by atoms with Gasteiger partial charge in [-0.25, -0.2) is 14.4 Å². The average Bonchev–Trinajstić information content (AvgIpc) is 3.18. The van der Waals surface area contributed by atoms with Gasteiger partial charge in [-0.15, -0.1) is 0 Å². The van der Waals surface area contributed by atoms with E-state index < -0.39 is 5.82 Å². The van der Waals surface area contributed by atoms with Crippen LogP contribution in [0, 0.1) is 5.82 Å². The summed E-state index contributed by atoms with van der Waals surface area (Å²) >= 11 is 0. The Morgan fingerprint density at radius 1 is 1.00 bits per heavy atom. The van der Waals surface area contributed by atoms with Crippen LogP contribution in [0.1, 0.15) is 54.4 Å². The summed E-state index contributed by atoms with van der Waals surface area (Å²) in [7, 11) is 2.12. The molecular weight excluding hydrogens is 419 g/mol. The number of hydrogen-bond acceptors (Lipinski definition) is 6. The molecule has 1 aromatic carbocycles. The number of ether oxygens (including phenoxy) is 1. The van der Waals surface area contributed by atoms with Gasteiger partial charge in [0.25, 0.3) is 0 Å². The molecule has 3 heterocycles. The van der Waals surface area contributed by atoms with Crippen LogP contribution >= 0.6 is 0 Å². The van der Waals surface area contributed by atoms with Crippen molar-refractivity contribution < 1.29 is 9.13 Å². The van der Waals surface area contributed by atoms with Crippen LogP contribution in [-0.2, 0) is 0 Å². The first kappa shape index (κ1) is 26.5. The largest absolute Gasteiger partial charge is 0.488 e. The van der Waals surface area contributed by atoms with Crippen LogP contribution in [0.4, 0.5) is 10.2 Å². The lowest BCUT2D eigenvalue weighted by Gasteiger charge is -2.33. The monoisotopic (exact) mass is 458 g/mol. The van der Waals surface area contributed by atoms with Crippen molar-refractivity contribution >= 4 is 16.7 Å². The molecule has 1 aliphatic rings. The summed E-state index contributed by atoms with van der Waals surface area (Å²) in [6.07, 6.45) is 3.94. The SMILES string of the molecule is CC(C)Oc1cc2c(-c3cc(N4CCN(C)CC4)ncn3)n[nH]c2cc1F.CCC.CCC. The number of nitrogens with one attached hydrogen (secondary N) is 1. The first-order chi connectivity index (χ1) is 15.8. The number of anilines is 1. The molecule has 0 aliphatic carbocycles. The first-order valence-electron chi connectivity index (χ1n) is 11.9. The number of nitrogens with zero attached hydrogens (tertiary/aromatic N) is 5. The van der Waals surface area contributed by atoms with E-state index in [0.29, 0.717) is 16.9 Å². The van der Waals surface area contributed by atoms with E-state index >= 15 is 0 Å². The highest BCUT2D eigenvalue weighted by Crippen LogP contribution is 2.31. The molecule has 4 rings (SSSR count). The molecule has 2 aromatic heterocycles. The molecule has 182 valence electrons. The van der Waals surface area contributed by atoms with Crippen molar-refractivity contribution in [1.29, 1.82) is 0 Å². The zero-order chi connectivity index (χ0) is 24.4. The third kappa shape index (κ3) is 7.39. The smallest absolute Gasteiger partial charge is 0.167 e. The number of benzene rings is 1. The summed E-state index contributed by atoms with van der Waals surface area (Å²) in [5.74, 6) is 0.686. The van der Waals surface area contributed by atoms with Crippen molar-refractivity contribution in [2.24, 2.45) is 0 Å². The Balaban J connectivity index is 0.000000582. The maximum atomic E-state index is 14.2. The molecule has 7 nitrogen and oxygen atoms in total. The van der Waals surface area contributed by atoms with Crippen molar-refractivity contribution in [3.8, 4) is 17.1 Å². The van der Waals surface area contributed by atoms with Gasteiger partial charge in [-0.3, -0.25) is 5.10 Å². The van der Waals surface area contributed by atoms with Gasteiger partial charge < -0.3 is 14.5 Å². The Labute approximate surface area is 197 Å². The van der Waals surface area contributed by atoms with E-state index in [2.05, 4.69) is 64.7 Å². The molecule has 0 saturated carbocycles. The number of H-pyrrole nitrogens is 1. The number of fused-ring (bicyclic) bond motifs is 1. The van der Waals surface area contributed by atoms with Crippen LogP contribution in [0.15, 0.2) is 24.5 Å². The minimum absolute atomic E-state index is 0.116. The highest BCUT2D eigenvalue weighted by atomic mass is 19.1. The van der Waals surface area contributed by atoms with Gasteiger partial charge in [0.05, 0.1) is 17.3 Å². The van der Waals surface area contributed by atoms with Crippen LogP contribution < -0.4 is 9.64 Å². The molecule has 0 bridgehead atoms. The van der Waals surface area contributed by atoms with Crippen LogP contribution in [0.5, 0.6) is 5.75 Å². The fraction of sp³-hybridized carbons (Fsp3) is 0.560. The topological polar surface area (TPSA) is 70.2 Å². The van der Waals surface area contributed by atoms with Gasteiger partial charge in [0, 0.05) is 43.7 Å². The Morgan fingerprint density at radius 3 is 2.24 bits per heavy atom. The second-order valence-electron chi connectivity index (χ2n) is 8.53. The minimum atomic E-state index is -0.410. The fourth-order valence-corrected chi connectivity index (χ4v) is 3.24. The normalized spacial score (nSPS) is 13.9. The lowest BCUT2D eigenvalue weighted by molar-refractivity contribution is 0.231. The lowest BCUT2D eigenvalue weighted by Crippen LogP contribution is -2.44. The number of hydrogen-bond donors (Lipinski definition) is 1. The Bertz CT molecular complexity index is 980. The van der Waals surface area contributed by atoms with Crippen LogP contribution in [0.25, 0.3) is 22.3 Å². The van der Waals surface area contributed by atoms with Crippen molar-refractivity contribution in [2.45, 2.75) is 60.5 Å². The number of likely N-dealkylation sites (N-methyl/N-ethyl adjacent to an activating group) is 1. The summed E-state index contributed by atoms with van der Waals surface area (Å²) in [6, 6.07) is 5.03. The minimum Gasteiger partial charge on any atom is -0.488 e. The second kappa shape index (κ2) is 13.1. The number of aromatic amines is 1. The summed E-state index contributed by atoms with van der Waals surface area (Å²) in [4.78, 5) is 13.4. The fourth-order valence-electron chi connectivity index (χ4n) is 3.24. The van der Waals surface area contributed by atoms with Gasteiger partial charge in [-0.05, 0) is 27.0 Å². The molecule has 1 saturated heterocycles. The number of rotatable bonds is 4. The molecule has 3 aromatic rings. The molecule has 1 aliphatic heterocycles. The van der Waals surface area contributed by atoms with Crippen molar-refractivity contribution in [3.05, 3.63) is 30.3 Å². The van der Waals surface area contributed by atoms with Gasteiger partial charge >= 0.3 is 0 Å². The predicted molar refractivity (Wildman–Crippen MR) is 134 cm³/mol. The van der Waals surface area contributed by atoms with Crippen LogP contribution in [0.2, 0.25) is 0 Å². The Kier molecular flexibility index (Phi) is 10.5. The second-order valence-corrected chi connectivity index (χ2v) is 8.53. The summed E-state index contributed by atoms with van der Waals surface area (Å²) in [5.41, 5.74) is 1.97. The van der Waals surface area contributed by atoms with E-state index in [9.17, 15) is 4.39 Å². The predicted octanol–water partition coefficient (Wildman–Crippen LogP) is 5.53. The van der Waals surface area contributed by atoms with Crippen molar-refractivity contribution in [2.75, 3.05) is 38.1 Å². The zero-order valence-corrected chi connectivity index (χ0v) is 21.2. The van der Waals surface area contributed by atoms with Gasteiger partial charge in [0.1, 0.15) is 17.8 Å². The number of halogens is 1. The van der Waals surface area contributed by atoms with E-state index in [4.69, 9.17) is 4.74 Å². The van der Waals surface area contributed by atoms with Crippen LogP contribution in [0.3, 0.4) is 0 Å². The quantitative estimate of drug-likeness (QED) is 0.554. The van der Waals surface area contributed by atoms with Gasteiger partial charge in [-0.1, -0.05) is 40.5 Å². The molecular formula is C25H39FN6O. The first-order valence-corrected chi connectivity index (χ1v) is 11.9. The van der Waals surface area contributed by atoms with E-state index in [1.165, 1.54) is 18.9 Å². The molecule has 0 atom stereocenters. The van der Waals surface area contributed by atoms with E-state index in [-0.39, 0.29) is 11.9 Å². The van der Waals surface area contributed by atoms with Gasteiger partial charge in [0.15, 0.2) is 11.6 Å². The third-order valence-electron chi connectivity index (χ3n) is 4.70. The molecule has 0 radical (unpaired) electrons. The Morgan fingerprint density at radius 2 is 1.64 bits per heavy atom.